The van der Waals surface area contributed by atoms with Gasteiger partial charge in [0.1, 0.15) is 0 Å². The zero-order valence-electron chi connectivity index (χ0n) is 11.5. The van der Waals surface area contributed by atoms with Crippen molar-refractivity contribution >= 4 is 5.91 Å². The Balaban J connectivity index is 1.63. The van der Waals surface area contributed by atoms with E-state index in [1.165, 1.54) is 6.42 Å². The van der Waals surface area contributed by atoms with E-state index in [0.29, 0.717) is 18.9 Å². The molecule has 0 spiro atoms. The summed E-state index contributed by atoms with van der Waals surface area (Å²) in [7, 11) is 0. The molecule has 0 bridgehead atoms. The van der Waals surface area contributed by atoms with Crippen molar-refractivity contribution in [1.29, 1.82) is 0 Å². The highest BCUT2D eigenvalue weighted by atomic mass is 16.5. The van der Waals surface area contributed by atoms with Gasteiger partial charge in [-0.15, -0.1) is 0 Å². The average molecular weight is 255 g/mol. The van der Waals surface area contributed by atoms with Crippen LogP contribution in [0.3, 0.4) is 0 Å². The first kappa shape index (κ1) is 13.8. The molecule has 0 unspecified atom stereocenters. The number of amides is 1. The zero-order valence-corrected chi connectivity index (χ0v) is 11.5. The number of carbonyl (C=O) groups is 1. The highest BCUT2D eigenvalue weighted by molar-refractivity contribution is 5.76. The Labute approximate surface area is 110 Å². The standard InChI is InChI=1S/C14H25NO3/c1-2-14(11-18-12-14)10-17-9-8-15-7-5-3-4-6-13(15)16/h2-12H2,1H3. The molecule has 0 atom stereocenters. The minimum Gasteiger partial charge on any atom is -0.380 e. The lowest BCUT2D eigenvalue weighted by atomic mass is 9.84. The second kappa shape index (κ2) is 6.53. The summed E-state index contributed by atoms with van der Waals surface area (Å²) in [6.07, 6.45) is 5.19. The second-order valence-corrected chi connectivity index (χ2v) is 5.59. The van der Waals surface area contributed by atoms with Gasteiger partial charge in [0.2, 0.25) is 5.91 Å². The van der Waals surface area contributed by atoms with Crippen LogP contribution in [0.4, 0.5) is 0 Å². The van der Waals surface area contributed by atoms with E-state index in [1.807, 2.05) is 4.90 Å². The van der Waals surface area contributed by atoms with E-state index in [-0.39, 0.29) is 5.41 Å². The van der Waals surface area contributed by atoms with E-state index < -0.39 is 0 Å². The lowest BCUT2D eigenvalue weighted by Crippen LogP contribution is -2.46. The van der Waals surface area contributed by atoms with E-state index >= 15 is 0 Å². The maximum atomic E-state index is 11.8. The smallest absolute Gasteiger partial charge is 0.222 e. The van der Waals surface area contributed by atoms with E-state index in [4.69, 9.17) is 9.47 Å². The fourth-order valence-corrected chi connectivity index (χ4v) is 2.52. The molecule has 0 N–H and O–H groups in total. The van der Waals surface area contributed by atoms with E-state index in [2.05, 4.69) is 6.92 Å². The first-order valence-corrected chi connectivity index (χ1v) is 7.19. The summed E-state index contributed by atoms with van der Waals surface area (Å²) in [5, 5.41) is 0. The molecule has 0 aromatic rings. The molecule has 1 amide bonds. The molecule has 0 saturated carbocycles. The van der Waals surface area contributed by atoms with Gasteiger partial charge in [0.25, 0.3) is 0 Å². The van der Waals surface area contributed by atoms with Gasteiger partial charge in [-0.3, -0.25) is 4.79 Å². The van der Waals surface area contributed by atoms with Crippen molar-refractivity contribution in [3.63, 3.8) is 0 Å². The molecule has 2 rings (SSSR count). The van der Waals surface area contributed by atoms with Gasteiger partial charge in [-0.05, 0) is 19.3 Å². The van der Waals surface area contributed by atoms with Crippen LogP contribution in [0.25, 0.3) is 0 Å². The summed E-state index contributed by atoms with van der Waals surface area (Å²) in [5.74, 6) is 0.299. The number of ether oxygens (including phenoxy) is 2. The van der Waals surface area contributed by atoms with Crippen LogP contribution in [0.15, 0.2) is 0 Å². The molecule has 18 heavy (non-hydrogen) atoms. The molecule has 0 aliphatic carbocycles. The molecule has 4 heteroatoms. The van der Waals surface area contributed by atoms with Crippen molar-refractivity contribution in [2.24, 2.45) is 5.41 Å². The molecule has 2 aliphatic rings. The lowest BCUT2D eigenvalue weighted by molar-refractivity contribution is -0.152. The third-order valence-electron chi connectivity index (χ3n) is 4.15. The topological polar surface area (TPSA) is 38.8 Å². The maximum absolute atomic E-state index is 11.8. The summed E-state index contributed by atoms with van der Waals surface area (Å²) < 4.78 is 11.0. The molecule has 2 fully saturated rings. The fourth-order valence-electron chi connectivity index (χ4n) is 2.52. The van der Waals surface area contributed by atoms with E-state index in [9.17, 15) is 4.79 Å². The van der Waals surface area contributed by atoms with Crippen LogP contribution in [0, 0.1) is 5.41 Å². The molecule has 4 nitrogen and oxygen atoms in total. The lowest BCUT2D eigenvalue weighted by Gasteiger charge is -2.40. The Morgan fingerprint density at radius 3 is 2.83 bits per heavy atom. The molecule has 0 aromatic heterocycles. The summed E-state index contributed by atoms with van der Waals surface area (Å²) in [5.41, 5.74) is 0.253. The first-order valence-electron chi connectivity index (χ1n) is 7.19. The van der Waals surface area contributed by atoms with E-state index in [1.54, 1.807) is 0 Å². The van der Waals surface area contributed by atoms with Crippen LogP contribution in [0.1, 0.15) is 39.0 Å². The number of likely N-dealkylation sites (tertiary alicyclic amines) is 1. The van der Waals surface area contributed by atoms with Gasteiger partial charge in [-0.25, -0.2) is 0 Å². The summed E-state index contributed by atoms with van der Waals surface area (Å²) in [6, 6.07) is 0. The molecule has 2 aliphatic heterocycles. The van der Waals surface area contributed by atoms with Crippen LogP contribution in [0.2, 0.25) is 0 Å². The van der Waals surface area contributed by atoms with Crippen molar-refractivity contribution < 1.29 is 14.3 Å². The normalized spacial score (nSPS) is 23.6. The van der Waals surface area contributed by atoms with Crippen molar-refractivity contribution in [1.82, 2.24) is 4.90 Å². The number of rotatable bonds is 6. The number of hydrogen-bond acceptors (Lipinski definition) is 3. The summed E-state index contributed by atoms with van der Waals surface area (Å²) in [4.78, 5) is 13.7. The highest BCUT2D eigenvalue weighted by Crippen LogP contribution is 2.31. The molecule has 2 saturated heterocycles. The number of carbonyl (C=O) groups excluding carboxylic acids is 1. The predicted octanol–water partition coefficient (Wildman–Crippen LogP) is 1.83. The fraction of sp³-hybridized carbons (Fsp3) is 0.929. The molecular formula is C14H25NO3. The Kier molecular flexibility index (Phi) is 5.01. The summed E-state index contributed by atoms with van der Waals surface area (Å²) >= 11 is 0. The molecule has 2 heterocycles. The van der Waals surface area contributed by atoms with Crippen LogP contribution in [-0.2, 0) is 14.3 Å². The van der Waals surface area contributed by atoms with E-state index in [0.717, 1.165) is 52.2 Å². The number of nitrogens with zero attached hydrogens (tertiary/aromatic N) is 1. The van der Waals surface area contributed by atoms with Gasteiger partial charge >= 0.3 is 0 Å². The molecular weight excluding hydrogens is 230 g/mol. The minimum absolute atomic E-state index is 0.253. The predicted molar refractivity (Wildman–Crippen MR) is 69.4 cm³/mol. The Morgan fingerprint density at radius 1 is 1.33 bits per heavy atom. The zero-order chi connectivity index (χ0) is 12.8. The first-order chi connectivity index (χ1) is 8.76. The second-order valence-electron chi connectivity index (χ2n) is 5.59. The Morgan fingerprint density at radius 2 is 2.17 bits per heavy atom. The van der Waals surface area contributed by atoms with Crippen LogP contribution >= 0.6 is 0 Å². The van der Waals surface area contributed by atoms with Gasteiger partial charge in [-0.2, -0.15) is 0 Å². The quantitative estimate of drug-likeness (QED) is 0.680. The van der Waals surface area contributed by atoms with Gasteiger partial charge in [0, 0.05) is 24.9 Å². The monoisotopic (exact) mass is 255 g/mol. The van der Waals surface area contributed by atoms with Crippen molar-refractivity contribution in [3.05, 3.63) is 0 Å². The summed E-state index contributed by atoms with van der Waals surface area (Å²) in [6.45, 7) is 6.92. The third-order valence-corrected chi connectivity index (χ3v) is 4.15. The SMILES string of the molecule is CCC1(COCCN2CCCCCC2=O)COC1. The van der Waals surface area contributed by atoms with Gasteiger partial charge < -0.3 is 14.4 Å². The van der Waals surface area contributed by atoms with Crippen molar-refractivity contribution in [2.75, 3.05) is 39.5 Å². The van der Waals surface area contributed by atoms with Gasteiger partial charge in [0.15, 0.2) is 0 Å². The van der Waals surface area contributed by atoms with Gasteiger partial charge in [0.05, 0.1) is 26.4 Å². The van der Waals surface area contributed by atoms with Crippen LogP contribution in [0.5, 0.6) is 0 Å². The maximum Gasteiger partial charge on any atom is 0.222 e. The Hall–Kier alpha value is -0.610. The van der Waals surface area contributed by atoms with Crippen LogP contribution < -0.4 is 0 Å². The molecule has 0 aromatic carbocycles. The van der Waals surface area contributed by atoms with Crippen molar-refractivity contribution in [3.8, 4) is 0 Å². The molecule has 0 radical (unpaired) electrons. The minimum atomic E-state index is 0.253. The highest BCUT2D eigenvalue weighted by Gasteiger charge is 2.36. The van der Waals surface area contributed by atoms with Crippen LogP contribution in [-0.4, -0.2) is 50.3 Å². The van der Waals surface area contributed by atoms with Crippen molar-refractivity contribution in [2.45, 2.75) is 39.0 Å². The largest absolute Gasteiger partial charge is 0.380 e. The Bertz CT molecular complexity index is 271. The number of hydrogen-bond donors (Lipinski definition) is 0. The third kappa shape index (κ3) is 3.45. The molecule has 104 valence electrons. The average Bonchev–Trinajstić information content (AvgIpc) is 2.53. The van der Waals surface area contributed by atoms with Gasteiger partial charge in [-0.1, -0.05) is 13.3 Å².